The fraction of sp³-hybridized carbons (Fsp3) is 0.500. The summed E-state index contributed by atoms with van der Waals surface area (Å²) in [5.74, 6) is -0.424. The lowest BCUT2D eigenvalue weighted by Crippen LogP contribution is -2.29. The van der Waals surface area contributed by atoms with Crippen molar-refractivity contribution >= 4 is 5.97 Å². The number of rotatable bonds is 3. The monoisotopic (exact) mass is 129 g/mol. The van der Waals surface area contributed by atoms with E-state index >= 15 is 0 Å². The minimum atomic E-state index is -0.676. The minimum Gasteiger partial charge on any atom is -0.465 e. The maximum absolute atomic E-state index is 10.6. The Kier molecular flexibility index (Phi) is 3.71. The van der Waals surface area contributed by atoms with Crippen LogP contribution in [0.15, 0.2) is 12.7 Å². The third-order valence-corrected chi connectivity index (χ3v) is 0.813. The first-order valence-corrected chi connectivity index (χ1v) is 2.77. The van der Waals surface area contributed by atoms with E-state index in [-0.39, 0.29) is 0 Å². The van der Waals surface area contributed by atoms with Gasteiger partial charge in [-0.1, -0.05) is 6.08 Å². The van der Waals surface area contributed by atoms with Gasteiger partial charge in [0.2, 0.25) is 0 Å². The van der Waals surface area contributed by atoms with Crippen LogP contribution in [0.4, 0.5) is 0 Å². The molecule has 0 spiro atoms. The standard InChI is InChI=1S/C6H11NO2/c1-3-5(7)6(8)9-4-2/h3,5H,1,4,7H2,2H3. The predicted octanol–water partition coefficient (Wildman–Crippen LogP) is 0.0628. The van der Waals surface area contributed by atoms with E-state index in [9.17, 15) is 4.79 Å². The van der Waals surface area contributed by atoms with Gasteiger partial charge in [-0.05, 0) is 6.92 Å². The molecule has 1 unspecified atom stereocenters. The molecule has 0 radical (unpaired) electrons. The summed E-state index contributed by atoms with van der Waals surface area (Å²) in [6.07, 6.45) is 1.35. The van der Waals surface area contributed by atoms with E-state index in [1.165, 1.54) is 6.08 Å². The van der Waals surface area contributed by atoms with Gasteiger partial charge in [-0.15, -0.1) is 6.58 Å². The van der Waals surface area contributed by atoms with Gasteiger partial charge in [-0.25, -0.2) is 0 Å². The van der Waals surface area contributed by atoms with Crippen molar-refractivity contribution in [3.05, 3.63) is 12.7 Å². The molecular weight excluding hydrogens is 118 g/mol. The van der Waals surface area contributed by atoms with Crippen molar-refractivity contribution in [1.29, 1.82) is 0 Å². The van der Waals surface area contributed by atoms with Crippen molar-refractivity contribution in [3.63, 3.8) is 0 Å². The number of carbonyl (C=O) groups excluding carboxylic acids is 1. The number of nitrogens with two attached hydrogens (primary N) is 1. The van der Waals surface area contributed by atoms with Crippen LogP contribution in [-0.4, -0.2) is 18.6 Å². The van der Waals surface area contributed by atoms with E-state index in [0.717, 1.165) is 0 Å². The lowest BCUT2D eigenvalue weighted by molar-refractivity contribution is -0.143. The summed E-state index contributed by atoms with van der Waals surface area (Å²) in [7, 11) is 0. The van der Waals surface area contributed by atoms with E-state index < -0.39 is 12.0 Å². The molecule has 0 aliphatic heterocycles. The van der Waals surface area contributed by atoms with Crippen molar-refractivity contribution in [2.24, 2.45) is 5.73 Å². The van der Waals surface area contributed by atoms with E-state index in [0.29, 0.717) is 6.61 Å². The van der Waals surface area contributed by atoms with Crippen LogP contribution < -0.4 is 5.73 Å². The lowest BCUT2D eigenvalue weighted by Gasteiger charge is -2.03. The summed E-state index contributed by atoms with van der Waals surface area (Å²) in [5.41, 5.74) is 5.21. The highest BCUT2D eigenvalue weighted by Gasteiger charge is 2.07. The highest BCUT2D eigenvalue weighted by Crippen LogP contribution is 1.84. The highest BCUT2D eigenvalue weighted by atomic mass is 16.5. The topological polar surface area (TPSA) is 52.3 Å². The maximum Gasteiger partial charge on any atom is 0.326 e. The Balaban J connectivity index is 3.58. The van der Waals surface area contributed by atoms with E-state index in [4.69, 9.17) is 5.73 Å². The van der Waals surface area contributed by atoms with Crippen molar-refractivity contribution < 1.29 is 9.53 Å². The summed E-state index contributed by atoms with van der Waals surface area (Å²) < 4.78 is 4.56. The number of esters is 1. The Bertz CT molecular complexity index is 112. The number of ether oxygens (including phenoxy) is 1. The van der Waals surface area contributed by atoms with Crippen LogP contribution in [0.5, 0.6) is 0 Å². The van der Waals surface area contributed by atoms with Gasteiger partial charge in [0.15, 0.2) is 0 Å². The van der Waals surface area contributed by atoms with Crippen molar-refractivity contribution in [2.75, 3.05) is 6.61 Å². The second-order valence-electron chi connectivity index (χ2n) is 1.51. The molecule has 52 valence electrons. The van der Waals surface area contributed by atoms with Crippen LogP contribution in [0.25, 0.3) is 0 Å². The first-order chi connectivity index (χ1) is 4.22. The molecule has 3 heteroatoms. The molecule has 0 aromatic rings. The largest absolute Gasteiger partial charge is 0.465 e. The van der Waals surface area contributed by atoms with Gasteiger partial charge in [0, 0.05) is 0 Å². The van der Waals surface area contributed by atoms with E-state index in [2.05, 4.69) is 11.3 Å². The Morgan fingerprint density at radius 1 is 2.00 bits per heavy atom. The number of carbonyl (C=O) groups is 1. The zero-order valence-corrected chi connectivity index (χ0v) is 5.46. The summed E-state index contributed by atoms with van der Waals surface area (Å²) in [4.78, 5) is 10.6. The molecular formula is C6H11NO2. The molecule has 3 nitrogen and oxygen atoms in total. The average Bonchev–Trinajstić information content (AvgIpc) is 1.87. The fourth-order valence-electron chi connectivity index (χ4n) is 0.335. The van der Waals surface area contributed by atoms with Crippen molar-refractivity contribution in [2.45, 2.75) is 13.0 Å². The molecule has 0 heterocycles. The zero-order valence-electron chi connectivity index (χ0n) is 5.46. The second kappa shape index (κ2) is 4.09. The van der Waals surface area contributed by atoms with Crippen LogP contribution in [0.1, 0.15) is 6.92 Å². The molecule has 0 fully saturated rings. The molecule has 0 aliphatic carbocycles. The van der Waals surface area contributed by atoms with Crippen LogP contribution in [-0.2, 0) is 9.53 Å². The third kappa shape index (κ3) is 2.87. The third-order valence-electron chi connectivity index (χ3n) is 0.813. The molecule has 0 amide bonds. The van der Waals surface area contributed by atoms with Crippen molar-refractivity contribution in [1.82, 2.24) is 0 Å². The van der Waals surface area contributed by atoms with Gasteiger partial charge < -0.3 is 10.5 Å². The Labute approximate surface area is 54.5 Å². The van der Waals surface area contributed by atoms with Gasteiger partial charge in [0.1, 0.15) is 6.04 Å². The molecule has 0 saturated heterocycles. The minimum absolute atomic E-state index is 0.361. The van der Waals surface area contributed by atoms with E-state index in [1.807, 2.05) is 0 Å². The van der Waals surface area contributed by atoms with E-state index in [1.54, 1.807) is 6.92 Å². The zero-order chi connectivity index (χ0) is 7.28. The maximum atomic E-state index is 10.6. The summed E-state index contributed by atoms with van der Waals surface area (Å²) in [5, 5.41) is 0. The van der Waals surface area contributed by atoms with Gasteiger partial charge in [0.25, 0.3) is 0 Å². The van der Waals surface area contributed by atoms with Crippen LogP contribution in [0.3, 0.4) is 0 Å². The van der Waals surface area contributed by atoms with Gasteiger partial charge in [0.05, 0.1) is 6.61 Å². The number of hydrogen-bond donors (Lipinski definition) is 1. The molecule has 0 aromatic heterocycles. The molecule has 1 atom stereocenters. The smallest absolute Gasteiger partial charge is 0.326 e. The second-order valence-corrected chi connectivity index (χ2v) is 1.51. The van der Waals surface area contributed by atoms with Gasteiger partial charge >= 0.3 is 5.97 Å². The summed E-state index contributed by atoms with van der Waals surface area (Å²) >= 11 is 0. The molecule has 0 saturated carbocycles. The Morgan fingerprint density at radius 3 is 2.89 bits per heavy atom. The lowest BCUT2D eigenvalue weighted by atomic mass is 10.3. The average molecular weight is 129 g/mol. The van der Waals surface area contributed by atoms with Gasteiger partial charge in [-0.2, -0.15) is 0 Å². The number of hydrogen-bond acceptors (Lipinski definition) is 3. The van der Waals surface area contributed by atoms with Gasteiger partial charge in [-0.3, -0.25) is 4.79 Å². The molecule has 0 bridgehead atoms. The van der Waals surface area contributed by atoms with Crippen molar-refractivity contribution in [3.8, 4) is 0 Å². The molecule has 0 aromatic carbocycles. The SMILES string of the molecule is C=CC(N)C(=O)OCC. The van der Waals surface area contributed by atoms with Crippen LogP contribution in [0.2, 0.25) is 0 Å². The molecule has 0 aliphatic rings. The summed E-state index contributed by atoms with van der Waals surface area (Å²) in [6.45, 7) is 5.43. The first-order valence-electron chi connectivity index (χ1n) is 2.77. The molecule has 0 rings (SSSR count). The van der Waals surface area contributed by atoms with Crippen LogP contribution >= 0.6 is 0 Å². The van der Waals surface area contributed by atoms with Crippen LogP contribution in [0, 0.1) is 0 Å². The highest BCUT2D eigenvalue weighted by molar-refractivity contribution is 5.77. The fourth-order valence-corrected chi connectivity index (χ4v) is 0.335. The first kappa shape index (κ1) is 8.17. The Morgan fingerprint density at radius 2 is 2.56 bits per heavy atom. The predicted molar refractivity (Wildman–Crippen MR) is 34.8 cm³/mol. The molecule has 2 N–H and O–H groups in total. The Hall–Kier alpha value is -0.830. The quantitative estimate of drug-likeness (QED) is 0.433. The summed E-state index contributed by atoms with van der Waals surface area (Å²) in [6, 6.07) is -0.676. The normalized spacial score (nSPS) is 12.2. The molecule has 9 heavy (non-hydrogen) atoms.